The number of hydrogen-bond acceptors (Lipinski definition) is 6. The number of sulfonamides is 1. The maximum atomic E-state index is 13.0. The number of amides is 1. The van der Waals surface area contributed by atoms with Crippen molar-refractivity contribution in [2.24, 2.45) is 0 Å². The molecule has 0 radical (unpaired) electrons. The van der Waals surface area contributed by atoms with Gasteiger partial charge in [0.25, 0.3) is 0 Å². The van der Waals surface area contributed by atoms with Crippen LogP contribution >= 0.6 is 0 Å². The summed E-state index contributed by atoms with van der Waals surface area (Å²) < 4.78 is 46.3. The van der Waals surface area contributed by atoms with Gasteiger partial charge in [-0.2, -0.15) is 0 Å². The molecule has 0 saturated carbocycles. The van der Waals surface area contributed by atoms with Gasteiger partial charge < -0.3 is 20.1 Å². The Bertz CT molecular complexity index is 758. The second-order valence-corrected chi connectivity index (χ2v) is 9.16. The summed E-state index contributed by atoms with van der Waals surface area (Å²) in [7, 11) is 0.0582. The summed E-state index contributed by atoms with van der Waals surface area (Å²) in [5, 5.41) is 12.5. The highest BCUT2D eigenvalue weighted by molar-refractivity contribution is 7.89. The first-order valence-electron chi connectivity index (χ1n) is 9.67. The zero-order valence-electron chi connectivity index (χ0n) is 16.8. The second-order valence-electron chi connectivity index (χ2n) is 7.45. The average molecular weight is 432 g/mol. The highest BCUT2D eigenvalue weighted by Crippen LogP contribution is 2.23. The summed E-state index contributed by atoms with van der Waals surface area (Å²) in [5.41, 5.74) is 0. The molecule has 29 heavy (non-hydrogen) atoms. The number of carbonyl (C=O) groups excluding carboxylic acids is 1. The molecule has 1 fully saturated rings. The molecule has 1 aromatic rings. The maximum Gasteiger partial charge on any atom is 0.240 e. The number of rotatable bonds is 10. The average Bonchev–Trinajstić information content (AvgIpc) is 2.66. The van der Waals surface area contributed by atoms with E-state index >= 15 is 0 Å². The maximum absolute atomic E-state index is 13.0. The molecular weight excluding hydrogens is 401 g/mol. The van der Waals surface area contributed by atoms with E-state index in [2.05, 4.69) is 10.0 Å². The van der Waals surface area contributed by atoms with Gasteiger partial charge in [-0.25, -0.2) is 17.5 Å². The first-order chi connectivity index (χ1) is 13.7. The van der Waals surface area contributed by atoms with Gasteiger partial charge in [-0.1, -0.05) is 0 Å². The molecule has 164 valence electrons. The van der Waals surface area contributed by atoms with Crippen LogP contribution in [0.15, 0.2) is 29.2 Å². The predicted octanol–water partition coefficient (Wildman–Crippen LogP) is 0.471. The fourth-order valence-corrected chi connectivity index (χ4v) is 4.50. The Kier molecular flexibility index (Phi) is 8.97. The van der Waals surface area contributed by atoms with Crippen molar-refractivity contribution in [3.05, 3.63) is 30.1 Å². The molecule has 8 nitrogen and oxygen atoms in total. The van der Waals surface area contributed by atoms with Crippen LogP contribution in [0.3, 0.4) is 0 Å². The Morgan fingerprint density at radius 2 is 1.97 bits per heavy atom. The molecule has 2 rings (SSSR count). The number of aliphatic hydroxyl groups is 1. The van der Waals surface area contributed by atoms with Crippen molar-refractivity contribution in [3.8, 4) is 0 Å². The lowest BCUT2D eigenvalue weighted by Gasteiger charge is -2.35. The number of aliphatic hydroxyl groups excluding tert-OH is 1. The Morgan fingerprint density at radius 3 is 2.59 bits per heavy atom. The van der Waals surface area contributed by atoms with Crippen molar-refractivity contribution in [1.29, 1.82) is 0 Å². The van der Waals surface area contributed by atoms with E-state index in [-0.39, 0.29) is 29.9 Å². The normalized spacial score (nSPS) is 22.6. The minimum Gasteiger partial charge on any atom is -0.394 e. The van der Waals surface area contributed by atoms with Gasteiger partial charge in [-0.3, -0.25) is 4.79 Å². The summed E-state index contributed by atoms with van der Waals surface area (Å²) in [6.45, 7) is 1.08. The van der Waals surface area contributed by atoms with Crippen molar-refractivity contribution >= 4 is 15.9 Å². The largest absolute Gasteiger partial charge is 0.394 e. The fraction of sp³-hybridized carbons (Fsp3) is 0.632. The van der Waals surface area contributed by atoms with Gasteiger partial charge in [0.2, 0.25) is 15.9 Å². The summed E-state index contributed by atoms with van der Waals surface area (Å²) in [6.07, 6.45) is 0.771. The van der Waals surface area contributed by atoms with Gasteiger partial charge in [0.15, 0.2) is 0 Å². The first kappa shape index (κ1) is 23.7. The van der Waals surface area contributed by atoms with E-state index in [4.69, 9.17) is 4.74 Å². The first-order valence-corrected chi connectivity index (χ1v) is 11.1. The quantitative estimate of drug-likeness (QED) is 0.465. The number of nitrogens with one attached hydrogen (secondary N) is 2. The Balaban J connectivity index is 1.85. The standard InChI is InChI=1S/C19H30FN3O5S/c1-23(2)11-3-10-21-19(25)12-15-6-9-17(18(13-24)28-15)22-29(26,27)16-7-4-14(20)5-8-16/h4-5,7-8,15,17-18,22,24H,3,6,9-13H2,1-2H3,(H,21,25)/t15-,17+,18-/m1/s1. The number of ether oxygens (including phenoxy) is 1. The molecule has 1 aliphatic rings. The topological polar surface area (TPSA) is 108 Å². The molecule has 1 amide bonds. The van der Waals surface area contributed by atoms with Crippen molar-refractivity contribution in [1.82, 2.24) is 14.9 Å². The van der Waals surface area contributed by atoms with Crippen LogP contribution in [0.1, 0.15) is 25.7 Å². The molecule has 3 atom stereocenters. The van der Waals surface area contributed by atoms with Gasteiger partial charge in [-0.15, -0.1) is 0 Å². The van der Waals surface area contributed by atoms with Crippen LogP contribution in [-0.4, -0.2) is 76.4 Å². The highest BCUT2D eigenvalue weighted by atomic mass is 32.2. The molecule has 0 bridgehead atoms. The Hall–Kier alpha value is -1.59. The minimum atomic E-state index is -3.87. The van der Waals surface area contributed by atoms with E-state index in [9.17, 15) is 22.7 Å². The number of carbonyl (C=O) groups is 1. The van der Waals surface area contributed by atoms with Crippen LogP contribution in [0.2, 0.25) is 0 Å². The molecule has 1 heterocycles. The smallest absolute Gasteiger partial charge is 0.240 e. The summed E-state index contributed by atoms with van der Waals surface area (Å²) in [6, 6.07) is 3.87. The predicted molar refractivity (Wildman–Crippen MR) is 106 cm³/mol. The third-order valence-electron chi connectivity index (χ3n) is 4.74. The van der Waals surface area contributed by atoms with Crippen LogP contribution < -0.4 is 10.0 Å². The zero-order chi connectivity index (χ0) is 21.4. The fourth-order valence-electron chi connectivity index (χ4n) is 3.20. The van der Waals surface area contributed by atoms with Crippen molar-refractivity contribution in [3.63, 3.8) is 0 Å². The second kappa shape index (κ2) is 11.0. The van der Waals surface area contributed by atoms with Gasteiger partial charge >= 0.3 is 0 Å². The van der Waals surface area contributed by atoms with E-state index in [1.54, 1.807) is 0 Å². The molecule has 10 heteroatoms. The molecule has 3 N–H and O–H groups in total. The number of halogens is 1. The van der Waals surface area contributed by atoms with E-state index in [0.29, 0.717) is 19.4 Å². The lowest BCUT2D eigenvalue weighted by Crippen LogP contribution is -2.51. The van der Waals surface area contributed by atoms with E-state index in [1.807, 2.05) is 19.0 Å². The SMILES string of the molecule is CN(C)CCCNC(=O)C[C@H]1CC[C@H](NS(=O)(=O)c2ccc(F)cc2)[C@@H](CO)O1. The summed E-state index contributed by atoms with van der Waals surface area (Å²) >= 11 is 0. The zero-order valence-corrected chi connectivity index (χ0v) is 17.6. The molecule has 0 spiro atoms. The third kappa shape index (κ3) is 7.63. The van der Waals surface area contributed by atoms with Gasteiger partial charge in [0.1, 0.15) is 5.82 Å². The molecule has 1 saturated heterocycles. The molecule has 1 aromatic carbocycles. The van der Waals surface area contributed by atoms with Gasteiger partial charge in [0, 0.05) is 6.54 Å². The van der Waals surface area contributed by atoms with Crippen LogP contribution in [0, 0.1) is 5.82 Å². The molecule has 0 aromatic heterocycles. The molecule has 0 aliphatic carbocycles. The van der Waals surface area contributed by atoms with Crippen molar-refractivity contribution in [2.45, 2.75) is 48.8 Å². The Labute approximate surface area is 171 Å². The third-order valence-corrected chi connectivity index (χ3v) is 6.25. The van der Waals surface area contributed by atoms with Crippen molar-refractivity contribution in [2.75, 3.05) is 33.8 Å². The Morgan fingerprint density at radius 1 is 1.28 bits per heavy atom. The van der Waals surface area contributed by atoms with Gasteiger partial charge in [0.05, 0.1) is 36.2 Å². The van der Waals surface area contributed by atoms with E-state index in [1.165, 1.54) is 12.1 Å². The molecule has 1 aliphatic heterocycles. The van der Waals surface area contributed by atoms with Gasteiger partial charge in [-0.05, 0) is 64.2 Å². The monoisotopic (exact) mass is 431 g/mol. The molecular formula is C19H30FN3O5S. The lowest BCUT2D eigenvalue weighted by atomic mass is 9.98. The lowest BCUT2D eigenvalue weighted by molar-refractivity contribution is -0.130. The van der Waals surface area contributed by atoms with Crippen LogP contribution in [-0.2, 0) is 19.6 Å². The van der Waals surface area contributed by atoms with Crippen LogP contribution in [0.4, 0.5) is 4.39 Å². The number of hydrogen-bond donors (Lipinski definition) is 3. The van der Waals surface area contributed by atoms with Crippen LogP contribution in [0.5, 0.6) is 0 Å². The van der Waals surface area contributed by atoms with E-state index < -0.39 is 28.0 Å². The minimum absolute atomic E-state index is 0.0604. The number of nitrogens with zero attached hydrogens (tertiary/aromatic N) is 1. The van der Waals surface area contributed by atoms with Crippen molar-refractivity contribution < 1.29 is 27.4 Å². The van der Waals surface area contributed by atoms with Crippen LogP contribution in [0.25, 0.3) is 0 Å². The van der Waals surface area contributed by atoms with E-state index in [0.717, 1.165) is 25.1 Å². The highest BCUT2D eigenvalue weighted by Gasteiger charge is 2.34. The summed E-state index contributed by atoms with van der Waals surface area (Å²) in [5.74, 6) is -0.656. The molecule has 0 unspecified atom stereocenters. The summed E-state index contributed by atoms with van der Waals surface area (Å²) in [4.78, 5) is 14.0. The number of benzene rings is 1.